The fraction of sp³-hybridized carbons (Fsp3) is 0.357. The van der Waals surface area contributed by atoms with Gasteiger partial charge in [0.2, 0.25) is 0 Å². The zero-order chi connectivity index (χ0) is 19.5. The Balaban J connectivity index is 2.62. The van der Waals surface area contributed by atoms with Gasteiger partial charge < -0.3 is 29.6 Å². The van der Waals surface area contributed by atoms with E-state index in [1.807, 2.05) is 0 Å². The van der Waals surface area contributed by atoms with E-state index in [1.54, 1.807) is 0 Å². The minimum atomic E-state index is -1.14. The maximum Gasteiger partial charge on any atom is 0.514 e. The number of amides is 2. The average molecular weight is 371 g/mol. The molecule has 0 bridgehead atoms. The van der Waals surface area contributed by atoms with E-state index in [0.717, 1.165) is 26.4 Å². The van der Waals surface area contributed by atoms with Gasteiger partial charge in [0.1, 0.15) is 11.9 Å². The summed E-state index contributed by atoms with van der Waals surface area (Å²) in [4.78, 5) is 44.0. The first-order chi connectivity index (χ1) is 12.3. The van der Waals surface area contributed by atoms with Crippen molar-refractivity contribution in [3.05, 3.63) is 34.4 Å². The number of nitro benzene ring substituents is 1. The zero-order valence-electron chi connectivity index (χ0n) is 13.9. The highest BCUT2D eigenvalue weighted by Crippen LogP contribution is 2.17. The van der Waals surface area contributed by atoms with E-state index in [1.165, 1.54) is 12.1 Å². The minimum Gasteiger partial charge on any atom is -0.453 e. The summed E-state index contributed by atoms with van der Waals surface area (Å²) in [6, 6.07) is 4.73. The number of hydrogen-bond acceptors (Lipinski definition) is 9. The first-order valence-corrected chi connectivity index (χ1v) is 7.12. The number of nitrogens with one attached hydrogen (secondary N) is 2. The van der Waals surface area contributed by atoms with Crippen molar-refractivity contribution in [2.45, 2.75) is 6.10 Å². The largest absolute Gasteiger partial charge is 0.514 e. The topological polar surface area (TPSA) is 155 Å². The van der Waals surface area contributed by atoms with E-state index in [9.17, 15) is 24.5 Å². The molecule has 0 aromatic heterocycles. The molecule has 0 saturated heterocycles. The first-order valence-electron chi connectivity index (χ1n) is 7.12. The number of ether oxygens (including phenoxy) is 4. The predicted octanol–water partition coefficient (Wildman–Crippen LogP) is 1.19. The number of hydrogen-bond donors (Lipinski definition) is 2. The van der Waals surface area contributed by atoms with Gasteiger partial charge in [-0.15, -0.1) is 0 Å². The number of non-ortho nitro benzene ring substituents is 1. The molecular formula is C14H17N3O9. The number of carbonyl (C=O) groups is 3. The van der Waals surface area contributed by atoms with Crippen LogP contribution in [0.3, 0.4) is 0 Å². The molecular weight excluding hydrogens is 354 g/mol. The van der Waals surface area contributed by atoms with Crippen LogP contribution in [0.2, 0.25) is 0 Å². The van der Waals surface area contributed by atoms with Gasteiger partial charge in [-0.25, -0.2) is 14.4 Å². The van der Waals surface area contributed by atoms with Crippen molar-refractivity contribution in [2.75, 3.05) is 27.3 Å². The fourth-order valence-corrected chi connectivity index (χ4v) is 1.59. The first kappa shape index (κ1) is 20.5. The Kier molecular flexibility index (Phi) is 8.13. The Morgan fingerprint density at radius 3 is 1.96 bits per heavy atom. The lowest BCUT2D eigenvalue weighted by Crippen LogP contribution is -2.42. The van der Waals surface area contributed by atoms with E-state index < -0.39 is 29.4 Å². The molecule has 0 aliphatic heterocycles. The van der Waals surface area contributed by atoms with Crippen molar-refractivity contribution in [1.82, 2.24) is 10.6 Å². The lowest BCUT2D eigenvalue weighted by Gasteiger charge is -2.18. The molecule has 1 aromatic carbocycles. The van der Waals surface area contributed by atoms with Crippen LogP contribution in [0.4, 0.5) is 20.1 Å². The molecule has 0 heterocycles. The zero-order valence-corrected chi connectivity index (χ0v) is 13.9. The Morgan fingerprint density at radius 2 is 1.54 bits per heavy atom. The van der Waals surface area contributed by atoms with E-state index >= 15 is 0 Å². The van der Waals surface area contributed by atoms with E-state index in [2.05, 4.69) is 20.1 Å². The highest BCUT2D eigenvalue weighted by atomic mass is 16.7. The van der Waals surface area contributed by atoms with Crippen LogP contribution < -0.4 is 15.4 Å². The number of benzene rings is 1. The summed E-state index contributed by atoms with van der Waals surface area (Å²) in [6.45, 7) is -0.349. The molecule has 1 aromatic rings. The van der Waals surface area contributed by atoms with Crippen LogP contribution in [0, 0.1) is 10.1 Å². The second-order valence-corrected chi connectivity index (χ2v) is 4.59. The quantitative estimate of drug-likeness (QED) is 0.236. The molecule has 2 amide bonds. The monoisotopic (exact) mass is 371 g/mol. The van der Waals surface area contributed by atoms with Gasteiger partial charge in [0.25, 0.3) is 5.69 Å². The number of carbonyl (C=O) groups excluding carboxylic acids is 3. The van der Waals surface area contributed by atoms with E-state index in [0.29, 0.717) is 0 Å². The van der Waals surface area contributed by atoms with Crippen molar-refractivity contribution in [3.8, 4) is 5.75 Å². The molecule has 142 valence electrons. The van der Waals surface area contributed by atoms with Gasteiger partial charge in [0.05, 0.1) is 32.2 Å². The summed E-state index contributed by atoms with van der Waals surface area (Å²) < 4.78 is 18.6. The second kappa shape index (κ2) is 10.3. The lowest BCUT2D eigenvalue weighted by atomic mass is 10.3. The number of nitrogens with zero attached hydrogens (tertiary/aromatic N) is 1. The van der Waals surface area contributed by atoms with Crippen LogP contribution in [-0.4, -0.2) is 56.7 Å². The third-order valence-electron chi connectivity index (χ3n) is 2.83. The van der Waals surface area contributed by atoms with Gasteiger partial charge >= 0.3 is 18.3 Å². The molecule has 0 unspecified atom stereocenters. The molecule has 0 radical (unpaired) electrons. The predicted molar refractivity (Wildman–Crippen MR) is 84.8 cm³/mol. The minimum absolute atomic E-state index is 0.0150. The number of rotatable bonds is 7. The molecule has 0 fully saturated rings. The normalized spacial score (nSPS) is 9.81. The van der Waals surface area contributed by atoms with Crippen molar-refractivity contribution < 1.29 is 38.3 Å². The summed E-state index contributed by atoms with van der Waals surface area (Å²) in [5.41, 5.74) is -0.173. The molecule has 2 N–H and O–H groups in total. The molecule has 0 spiro atoms. The van der Waals surface area contributed by atoms with Gasteiger partial charge in [-0.3, -0.25) is 10.1 Å². The summed E-state index contributed by atoms with van der Waals surface area (Å²) >= 11 is 0. The Morgan fingerprint density at radius 1 is 1.04 bits per heavy atom. The molecule has 26 heavy (non-hydrogen) atoms. The maximum absolute atomic E-state index is 11.8. The average Bonchev–Trinajstić information content (AvgIpc) is 2.63. The maximum atomic E-state index is 11.8. The fourth-order valence-electron chi connectivity index (χ4n) is 1.59. The van der Waals surface area contributed by atoms with E-state index in [4.69, 9.17) is 9.47 Å². The van der Waals surface area contributed by atoms with Crippen LogP contribution in [0.15, 0.2) is 24.3 Å². The summed E-state index contributed by atoms with van der Waals surface area (Å²) in [7, 11) is 2.31. The third kappa shape index (κ3) is 7.33. The SMILES string of the molecule is COC(=O)NCC(CNC(=O)OC)OC(=O)Oc1ccc([N+](=O)[O-])cc1. The van der Waals surface area contributed by atoms with Crippen molar-refractivity contribution in [1.29, 1.82) is 0 Å². The number of nitro groups is 1. The summed E-state index contributed by atoms with van der Waals surface area (Å²) in [5.74, 6) is 0.0150. The molecule has 0 aliphatic carbocycles. The number of alkyl carbamates (subject to hydrolysis) is 2. The van der Waals surface area contributed by atoms with Gasteiger partial charge in [-0.05, 0) is 12.1 Å². The number of methoxy groups -OCH3 is 2. The molecule has 0 atom stereocenters. The standard InChI is InChI=1S/C14H17N3O9/c1-23-12(18)15-7-11(8-16-13(19)24-2)26-14(20)25-10-5-3-9(4-6-10)17(21)22/h3-6,11H,7-8H2,1-2H3,(H,15,18)(H,16,19). The van der Waals surface area contributed by atoms with Crippen molar-refractivity contribution in [2.24, 2.45) is 0 Å². The van der Waals surface area contributed by atoms with Crippen molar-refractivity contribution >= 4 is 24.0 Å². The Bertz CT molecular complexity index is 628. The van der Waals surface area contributed by atoms with Crippen LogP contribution in [0.5, 0.6) is 5.75 Å². The molecule has 0 saturated carbocycles. The highest BCUT2D eigenvalue weighted by Gasteiger charge is 2.19. The third-order valence-corrected chi connectivity index (χ3v) is 2.83. The van der Waals surface area contributed by atoms with Gasteiger partial charge in [0.15, 0.2) is 0 Å². The molecule has 1 rings (SSSR count). The molecule has 0 aliphatic rings. The summed E-state index contributed by atoms with van der Waals surface area (Å²) in [6.07, 6.45) is -3.65. The lowest BCUT2D eigenvalue weighted by molar-refractivity contribution is -0.384. The molecule has 12 nitrogen and oxygen atoms in total. The smallest absolute Gasteiger partial charge is 0.453 e. The second-order valence-electron chi connectivity index (χ2n) is 4.59. The van der Waals surface area contributed by atoms with Gasteiger partial charge in [0, 0.05) is 12.1 Å². The highest BCUT2D eigenvalue weighted by molar-refractivity contribution is 5.68. The summed E-state index contributed by atoms with van der Waals surface area (Å²) in [5, 5.41) is 15.2. The van der Waals surface area contributed by atoms with Gasteiger partial charge in [-0.1, -0.05) is 0 Å². The van der Waals surface area contributed by atoms with Crippen LogP contribution in [0.1, 0.15) is 0 Å². The Hall–Kier alpha value is -3.57. The Labute approximate surface area is 147 Å². The van der Waals surface area contributed by atoms with Crippen LogP contribution >= 0.6 is 0 Å². The molecule has 12 heteroatoms. The van der Waals surface area contributed by atoms with E-state index in [-0.39, 0.29) is 24.5 Å². The van der Waals surface area contributed by atoms with Gasteiger partial charge in [-0.2, -0.15) is 0 Å². The van der Waals surface area contributed by atoms with Crippen molar-refractivity contribution in [3.63, 3.8) is 0 Å². The van der Waals surface area contributed by atoms with Crippen LogP contribution in [0.25, 0.3) is 0 Å². The van der Waals surface area contributed by atoms with Crippen LogP contribution in [-0.2, 0) is 14.2 Å².